The first-order chi connectivity index (χ1) is 13.3. The number of ether oxygens (including phenoxy) is 2. The van der Waals surface area contributed by atoms with Gasteiger partial charge in [-0.25, -0.2) is 4.79 Å². The number of likely N-dealkylation sites (N-methyl/N-ethyl adjacent to an activating group) is 1. The first kappa shape index (κ1) is 21.8. The van der Waals surface area contributed by atoms with Crippen LogP contribution in [0.25, 0.3) is 0 Å². The maximum absolute atomic E-state index is 12.3. The maximum Gasteiger partial charge on any atom is 0.319 e. The smallest absolute Gasteiger partial charge is 0.319 e. The minimum atomic E-state index is -0.830. The van der Waals surface area contributed by atoms with Gasteiger partial charge in [0.15, 0.2) is 0 Å². The lowest BCUT2D eigenvalue weighted by Gasteiger charge is -2.42. The van der Waals surface area contributed by atoms with E-state index in [4.69, 9.17) is 14.6 Å². The molecule has 1 fully saturated rings. The van der Waals surface area contributed by atoms with Crippen LogP contribution in [0.5, 0.6) is 11.5 Å². The first-order valence-electron chi connectivity index (χ1n) is 9.58. The summed E-state index contributed by atoms with van der Waals surface area (Å²) in [6.45, 7) is 6.76. The van der Waals surface area contributed by atoms with E-state index in [0.29, 0.717) is 23.7 Å². The number of hydrogen-bond donors (Lipinski definition) is 3. The van der Waals surface area contributed by atoms with Gasteiger partial charge in [-0.1, -0.05) is 20.8 Å². The van der Waals surface area contributed by atoms with Crippen LogP contribution < -0.4 is 20.1 Å². The molecule has 1 aliphatic carbocycles. The number of anilines is 1. The quantitative estimate of drug-likeness (QED) is 0.596. The maximum atomic E-state index is 12.3. The molecule has 0 saturated heterocycles. The van der Waals surface area contributed by atoms with E-state index in [1.807, 2.05) is 11.8 Å². The van der Waals surface area contributed by atoms with E-state index in [0.717, 1.165) is 18.4 Å². The summed E-state index contributed by atoms with van der Waals surface area (Å²) in [7, 11) is 3.19. The van der Waals surface area contributed by atoms with Crippen molar-refractivity contribution in [1.82, 2.24) is 10.2 Å². The molecule has 0 unspecified atom stereocenters. The van der Waals surface area contributed by atoms with Crippen molar-refractivity contribution in [1.29, 1.82) is 0 Å². The van der Waals surface area contributed by atoms with Crippen molar-refractivity contribution in [3.8, 4) is 11.5 Å². The zero-order valence-electron chi connectivity index (χ0n) is 17.2. The molecule has 1 aliphatic rings. The predicted molar refractivity (Wildman–Crippen MR) is 107 cm³/mol. The SMILES string of the molecule is CCN(CC(=O)O)C1CC(NC(=O)Nc2cc(OC)c(C(C)C)c(OC)c2)C1. The minimum Gasteiger partial charge on any atom is -0.496 e. The molecule has 0 radical (unpaired) electrons. The summed E-state index contributed by atoms with van der Waals surface area (Å²) in [6.07, 6.45) is 1.49. The molecule has 0 aromatic heterocycles. The molecular weight excluding hydrogens is 362 g/mol. The molecule has 0 aliphatic heterocycles. The average molecular weight is 393 g/mol. The molecule has 156 valence electrons. The summed E-state index contributed by atoms with van der Waals surface area (Å²) in [5, 5.41) is 14.7. The number of nitrogens with zero attached hydrogens (tertiary/aromatic N) is 1. The zero-order chi connectivity index (χ0) is 20.8. The van der Waals surface area contributed by atoms with Gasteiger partial charge in [0.1, 0.15) is 11.5 Å². The van der Waals surface area contributed by atoms with Crippen molar-refractivity contribution in [3.05, 3.63) is 17.7 Å². The van der Waals surface area contributed by atoms with Crippen LogP contribution in [-0.4, -0.2) is 61.4 Å². The summed E-state index contributed by atoms with van der Waals surface area (Å²) in [5.41, 5.74) is 1.54. The molecule has 2 amide bonds. The number of urea groups is 1. The molecule has 1 aromatic rings. The van der Waals surface area contributed by atoms with E-state index in [2.05, 4.69) is 24.5 Å². The van der Waals surface area contributed by atoms with Crippen LogP contribution in [0.2, 0.25) is 0 Å². The second-order valence-corrected chi connectivity index (χ2v) is 7.33. The predicted octanol–water partition coefficient (Wildman–Crippen LogP) is 2.89. The highest BCUT2D eigenvalue weighted by Crippen LogP contribution is 2.38. The van der Waals surface area contributed by atoms with Gasteiger partial charge in [-0.2, -0.15) is 0 Å². The number of aliphatic carboxylic acids is 1. The van der Waals surface area contributed by atoms with Crippen molar-refractivity contribution in [2.24, 2.45) is 0 Å². The van der Waals surface area contributed by atoms with E-state index in [9.17, 15) is 9.59 Å². The molecule has 1 saturated carbocycles. The number of carboxylic acid groups (broad SMARTS) is 1. The van der Waals surface area contributed by atoms with Gasteiger partial charge in [0.25, 0.3) is 0 Å². The van der Waals surface area contributed by atoms with Crippen LogP contribution in [0.4, 0.5) is 10.5 Å². The fourth-order valence-electron chi connectivity index (χ4n) is 3.61. The Morgan fingerprint density at radius 1 is 1.21 bits per heavy atom. The molecule has 1 aromatic carbocycles. The summed E-state index contributed by atoms with van der Waals surface area (Å²) in [6, 6.07) is 3.49. The van der Waals surface area contributed by atoms with Crippen molar-refractivity contribution in [2.45, 2.75) is 51.6 Å². The van der Waals surface area contributed by atoms with Crippen LogP contribution in [-0.2, 0) is 4.79 Å². The van der Waals surface area contributed by atoms with Gasteiger partial charge in [0.2, 0.25) is 0 Å². The van der Waals surface area contributed by atoms with Gasteiger partial charge in [-0.05, 0) is 25.3 Å². The van der Waals surface area contributed by atoms with E-state index in [-0.39, 0.29) is 30.6 Å². The van der Waals surface area contributed by atoms with Gasteiger partial charge >= 0.3 is 12.0 Å². The third-order valence-electron chi connectivity index (χ3n) is 5.09. The summed E-state index contributed by atoms with van der Waals surface area (Å²) in [4.78, 5) is 25.2. The summed E-state index contributed by atoms with van der Waals surface area (Å²) < 4.78 is 10.9. The van der Waals surface area contributed by atoms with Crippen LogP contribution in [0.1, 0.15) is 45.1 Å². The van der Waals surface area contributed by atoms with Gasteiger partial charge in [0.05, 0.1) is 20.8 Å². The van der Waals surface area contributed by atoms with Crippen molar-refractivity contribution in [3.63, 3.8) is 0 Å². The monoisotopic (exact) mass is 393 g/mol. The Morgan fingerprint density at radius 3 is 2.21 bits per heavy atom. The van der Waals surface area contributed by atoms with Gasteiger partial charge < -0.3 is 25.2 Å². The fraction of sp³-hybridized carbons (Fsp3) is 0.600. The van der Waals surface area contributed by atoms with Crippen molar-refractivity contribution in [2.75, 3.05) is 32.6 Å². The Kier molecular flexibility index (Phi) is 7.51. The molecule has 0 spiro atoms. The Morgan fingerprint density at radius 2 is 1.79 bits per heavy atom. The average Bonchev–Trinajstić information content (AvgIpc) is 2.61. The third kappa shape index (κ3) is 5.28. The number of amides is 2. The van der Waals surface area contributed by atoms with Gasteiger partial charge in [-0.3, -0.25) is 9.69 Å². The number of methoxy groups -OCH3 is 2. The molecule has 8 heteroatoms. The van der Waals surface area contributed by atoms with Crippen LogP contribution in [0.15, 0.2) is 12.1 Å². The number of carbonyl (C=O) groups is 2. The Balaban J connectivity index is 1.95. The third-order valence-corrected chi connectivity index (χ3v) is 5.09. The molecule has 0 bridgehead atoms. The second-order valence-electron chi connectivity index (χ2n) is 7.33. The Hall–Kier alpha value is -2.48. The molecule has 0 atom stereocenters. The van der Waals surface area contributed by atoms with Crippen LogP contribution in [0.3, 0.4) is 0 Å². The van der Waals surface area contributed by atoms with Crippen LogP contribution >= 0.6 is 0 Å². The first-order valence-corrected chi connectivity index (χ1v) is 9.58. The number of carboxylic acids is 1. The van der Waals surface area contributed by atoms with Crippen molar-refractivity contribution < 1.29 is 24.2 Å². The topological polar surface area (TPSA) is 100 Å². The lowest BCUT2D eigenvalue weighted by molar-refractivity contribution is -0.139. The molecule has 0 heterocycles. The highest BCUT2D eigenvalue weighted by molar-refractivity contribution is 5.90. The standard InChI is InChI=1S/C20H31N3O5/c1-6-23(11-18(24)25)15-7-13(8-15)21-20(26)22-14-9-16(27-4)19(12(2)3)17(10-14)28-5/h9-10,12-13,15H,6-8,11H2,1-5H3,(H,24,25)(H2,21,22,26). The minimum absolute atomic E-state index is 0.0296. The highest BCUT2D eigenvalue weighted by atomic mass is 16.5. The van der Waals surface area contributed by atoms with Gasteiger partial charge in [0, 0.05) is 35.5 Å². The highest BCUT2D eigenvalue weighted by Gasteiger charge is 2.34. The summed E-state index contributed by atoms with van der Waals surface area (Å²) >= 11 is 0. The second kappa shape index (κ2) is 9.64. The lowest BCUT2D eigenvalue weighted by atomic mass is 9.85. The number of rotatable bonds is 9. The zero-order valence-corrected chi connectivity index (χ0v) is 17.2. The largest absolute Gasteiger partial charge is 0.496 e. The van der Waals surface area contributed by atoms with Crippen LogP contribution in [0, 0.1) is 0 Å². The Labute approximate surface area is 166 Å². The Bertz CT molecular complexity index is 676. The number of nitrogens with one attached hydrogen (secondary N) is 2. The summed E-state index contributed by atoms with van der Waals surface area (Å²) in [5.74, 6) is 0.719. The molecule has 8 nitrogen and oxygen atoms in total. The molecule has 28 heavy (non-hydrogen) atoms. The van der Waals surface area contributed by atoms with E-state index >= 15 is 0 Å². The van der Waals surface area contributed by atoms with Crippen molar-refractivity contribution >= 4 is 17.7 Å². The number of benzene rings is 1. The van der Waals surface area contributed by atoms with E-state index in [1.165, 1.54) is 0 Å². The molecule has 2 rings (SSSR count). The molecule has 3 N–H and O–H groups in total. The van der Waals surface area contributed by atoms with E-state index < -0.39 is 5.97 Å². The normalized spacial score (nSPS) is 18.5. The van der Waals surface area contributed by atoms with Gasteiger partial charge in [-0.15, -0.1) is 0 Å². The molecular formula is C20H31N3O5. The van der Waals surface area contributed by atoms with E-state index in [1.54, 1.807) is 26.4 Å². The number of hydrogen-bond acceptors (Lipinski definition) is 5. The fourth-order valence-corrected chi connectivity index (χ4v) is 3.61. The number of carbonyl (C=O) groups excluding carboxylic acids is 1. The lowest BCUT2D eigenvalue weighted by Crippen LogP contribution is -2.55.